The van der Waals surface area contributed by atoms with E-state index in [2.05, 4.69) is 24.1 Å². The van der Waals surface area contributed by atoms with Crippen LogP contribution in [0.1, 0.15) is 33.1 Å². The van der Waals surface area contributed by atoms with Crippen molar-refractivity contribution in [3.05, 3.63) is 0 Å². The average molecular weight is 226 g/mol. The Morgan fingerprint density at radius 1 is 1.38 bits per heavy atom. The van der Waals surface area contributed by atoms with Gasteiger partial charge in [0, 0.05) is 38.3 Å². The van der Waals surface area contributed by atoms with Gasteiger partial charge in [0.05, 0.1) is 6.61 Å². The Bertz CT molecular complexity index is 220. The van der Waals surface area contributed by atoms with E-state index in [4.69, 9.17) is 4.74 Å². The van der Waals surface area contributed by atoms with Gasteiger partial charge in [-0.3, -0.25) is 4.90 Å². The molecule has 0 aromatic rings. The zero-order chi connectivity index (χ0) is 11.5. The van der Waals surface area contributed by atoms with Crippen molar-refractivity contribution in [3.8, 4) is 0 Å². The number of nitrogens with one attached hydrogen (secondary N) is 1. The molecule has 2 aliphatic heterocycles. The summed E-state index contributed by atoms with van der Waals surface area (Å²) in [7, 11) is 1.79. The Hall–Kier alpha value is -0.120. The highest BCUT2D eigenvalue weighted by molar-refractivity contribution is 4.98. The van der Waals surface area contributed by atoms with Gasteiger partial charge < -0.3 is 10.1 Å². The molecule has 0 radical (unpaired) electrons. The zero-order valence-corrected chi connectivity index (χ0v) is 10.9. The molecular weight excluding hydrogens is 200 g/mol. The van der Waals surface area contributed by atoms with Crippen LogP contribution in [0, 0.1) is 5.92 Å². The first-order valence-electron chi connectivity index (χ1n) is 6.69. The first-order valence-corrected chi connectivity index (χ1v) is 6.69. The summed E-state index contributed by atoms with van der Waals surface area (Å²) in [6.45, 7) is 7.75. The highest BCUT2D eigenvalue weighted by atomic mass is 16.5. The minimum absolute atomic E-state index is 0.634. The van der Waals surface area contributed by atoms with Crippen molar-refractivity contribution >= 4 is 0 Å². The number of rotatable bonds is 6. The lowest BCUT2D eigenvalue weighted by Gasteiger charge is -2.31. The summed E-state index contributed by atoms with van der Waals surface area (Å²) < 4.78 is 5.19. The van der Waals surface area contributed by atoms with Crippen LogP contribution in [0.15, 0.2) is 0 Å². The zero-order valence-electron chi connectivity index (χ0n) is 10.9. The third-order valence-electron chi connectivity index (χ3n) is 4.21. The van der Waals surface area contributed by atoms with Crippen LogP contribution < -0.4 is 5.32 Å². The molecule has 2 aliphatic rings. The molecule has 2 rings (SSSR count). The maximum Gasteiger partial charge on any atom is 0.0589 e. The van der Waals surface area contributed by atoms with Crippen molar-refractivity contribution in [2.45, 2.75) is 51.2 Å². The van der Waals surface area contributed by atoms with E-state index in [0.29, 0.717) is 6.04 Å². The molecule has 0 saturated carbocycles. The fraction of sp³-hybridized carbons (Fsp3) is 1.00. The van der Waals surface area contributed by atoms with Crippen molar-refractivity contribution in [1.82, 2.24) is 10.2 Å². The third kappa shape index (κ3) is 2.76. The number of methoxy groups -OCH3 is 1. The molecule has 3 heteroatoms. The van der Waals surface area contributed by atoms with Crippen molar-refractivity contribution in [1.29, 1.82) is 0 Å². The maximum atomic E-state index is 5.19. The Labute approximate surface area is 99.5 Å². The molecule has 94 valence electrons. The summed E-state index contributed by atoms with van der Waals surface area (Å²) in [5.74, 6) is 0.873. The molecule has 0 aliphatic carbocycles. The number of hydrogen-bond donors (Lipinski definition) is 1. The Balaban J connectivity index is 1.81. The van der Waals surface area contributed by atoms with E-state index in [-0.39, 0.29) is 0 Å². The largest absolute Gasteiger partial charge is 0.383 e. The molecule has 2 bridgehead atoms. The molecule has 2 heterocycles. The first kappa shape index (κ1) is 12.3. The topological polar surface area (TPSA) is 24.5 Å². The van der Waals surface area contributed by atoms with Gasteiger partial charge in [-0.05, 0) is 39.0 Å². The van der Waals surface area contributed by atoms with Crippen LogP contribution in [0.5, 0.6) is 0 Å². The van der Waals surface area contributed by atoms with Gasteiger partial charge in [-0.15, -0.1) is 0 Å². The molecule has 0 aromatic carbocycles. The van der Waals surface area contributed by atoms with Crippen molar-refractivity contribution in [3.63, 3.8) is 0 Å². The van der Waals surface area contributed by atoms with Crippen LogP contribution in [0.4, 0.5) is 0 Å². The van der Waals surface area contributed by atoms with Crippen LogP contribution in [0.25, 0.3) is 0 Å². The molecule has 3 atom stereocenters. The van der Waals surface area contributed by atoms with E-state index in [1.54, 1.807) is 7.11 Å². The molecule has 2 fully saturated rings. The van der Waals surface area contributed by atoms with Gasteiger partial charge in [0.2, 0.25) is 0 Å². The van der Waals surface area contributed by atoms with Gasteiger partial charge >= 0.3 is 0 Å². The monoisotopic (exact) mass is 226 g/mol. The normalized spacial score (nSPS) is 33.2. The van der Waals surface area contributed by atoms with E-state index in [9.17, 15) is 0 Å². The van der Waals surface area contributed by atoms with E-state index in [1.165, 1.54) is 25.8 Å². The first-order chi connectivity index (χ1) is 7.70. The van der Waals surface area contributed by atoms with Crippen molar-refractivity contribution < 1.29 is 4.74 Å². The predicted molar refractivity (Wildman–Crippen MR) is 66.6 cm³/mol. The highest BCUT2D eigenvalue weighted by Gasteiger charge is 2.39. The van der Waals surface area contributed by atoms with Crippen molar-refractivity contribution in [2.24, 2.45) is 5.92 Å². The van der Waals surface area contributed by atoms with Gasteiger partial charge in [-0.25, -0.2) is 0 Å². The molecule has 3 unspecified atom stereocenters. The minimum atomic E-state index is 0.634. The summed E-state index contributed by atoms with van der Waals surface area (Å²) in [6.07, 6.45) is 4.19. The van der Waals surface area contributed by atoms with Gasteiger partial charge in [0.25, 0.3) is 0 Å². The second kappa shape index (κ2) is 5.48. The standard InChI is InChI=1S/C13H26N2O/c1-10(2)15(6-7-16-3)9-11-8-12-4-5-13(11)14-12/h10-14H,4-9H2,1-3H3. The summed E-state index contributed by atoms with van der Waals surface area (Å²) in [5, 5.41) is 3.72. The lowest BCUT2D eigenvalue weighted by Crippen LogP contribution is -2.40. The van der Waals surface area contributed by atoms with E-state index >= 15 is 0 Å². The third-order valence-corrected chi connectivity index (χ3v) is 4.21. The van der Waals surface area contributed by atoms with Gasteiger partial charge in [0.1, 0.15) is 0 Å². The van der Waals surface area contributed by atoms with Gasteiger partial charge in [0.15, 0.2) is 0 Å². The number of ether oxygens (including phenoxy) is 1. The SMILES string of the molecule is COCCN(CC1CC2CCC1N2)C(C)C. The molecule has 3 nitrogen and oxygen atoms in total. The Kier molecular flexibility index (Phi) is 4.22. The minimum Gasteiger partial charge on any atom is -0.383 e. The molecule has 16 heavy (non-hydrogen) atoms. The quantitative estimate of drug-likeness (QED) is 0.742. The van der Waals surface area contributed by atoms with Crippen LogP contribution in [0.2, 0.25) is 0 Å². The number of nitrogens with zero attached hydrogens (tertiary/aromatic N) is 1. The fourth-order valence-electron chi connectivity index (χ4n) is 3.21. The van der Waals surface area contributed by atoms with Gasteiger partial charge in [-0.2, -0.15) is 0 Å². The number of fused-ring (bicyclic) bond motifs is 2. The second-order valence-corrected chi connectivity index (χ2v) is 5.62. The maximum absolute atomic E-state index is 5.19. The Morgan fingerprint density at radius 2 is 2.19 bits per heavy atom. The van der Waals surface area contributed by atoms with Crippen LogP contribution in [-0.2, 0) is 4.74 Å². The van der Waals surface area contributed by atoms with Gasteiger partial charge in [-0.1, -0.05) is 0 Å². The number of hydrogen-bond acceptors (Lipinski definition) is 3. The lowest BCUT2D eigenvalue weighted by molar-refractivity contribution is 0.111. The van der Waals surface area contributed by atoms with Crippen LogP contribution >= 0.6 is 0 Å². The molecule has 0 aromatic heterocycles. The molecule has 0 spiro atoms. The lowest BCUT2D eigenvalue weighted by atomic mass is 9.88. The summed E-state index contributed by atoms with van der Waals surface area (Å²) in [6, 6.07) is 2.26. The molecule has 1 N–H and O–H groups in total. The summed E-state index contributed by atoms with van der Waals surface area (Å²) in [5.41, 5.74) is 0. The predicted octanol–water partition coefficient (Wildman–Crippen LogP) is 1.48. The summed E-state index contributed by atoms with van der Waals surface area (Å²) >= 11 is 0. The van der Waals surface area contributed by atoms with E-state index < -0.39 is 0 Å². The summed E-state index contributed by atoms with van der Waals surface area (Å²) in [4.78, 5) is 2.57. The van der Waals surface area contributed by atoms with E-state index in [1.807, 2.05) is 0 Å². The van der Waals surface area contributed by atoms with Crippen LogP contribution in [-0.4, -0.2) is 49.8 Å². The molecular formula is C13H26N2O. The van der Waals surface area contributed by atoms with Crippen LogP contribution in [0.3, 0.4) is 0 Å². The Morgan fingerprint density at radius 3 is 2.69 bits per heavy atom. The van der Waals surface area contributed by atoms with E-state index in [0.717, 1.165) is 31.2 Å². The molecule has 2 saturated heterocycles. The second-order valence-electron chi connectivity index (χ2n) is 5.62. The van der Waals surface area contributed by atoms with Crippen molar-refractivity contribution in [2.75, 3.05) is 26.8 Å². The molecule has 0 amide bonds. The average Bonchev–Trinajstić information content (AvgIpc) is 2.85. The smallest absolute Gasteiger partial charge is 0.0589 e. The fourth-order valence-corrected chi connectivity index (χ4v) is 3.21. The highest BCUT2D eigenvalue weighted by Crippen LogP contribution is 2.33.